The number of ether oxygens (including phenoxy) is 1. The lowest BCUT2D eigenvalue weighted by Crippen LogP contribution is -2.32. The van der Waals surface area contributed by atoms with E-state index in [2.05, 4.69) is 4.98 Å². The molecule has 10 heteroatoms. The minimum Gasteiger partial charge on any atom is -0.483 e. The molecule has 0 atom stereocenters. The molecule has 5 nitrogen and oxygen atoms in total. The number of carbonyl (C=O) groups excluding carboxylic acids is 2. The second-order valence-electron chi connectivity index (χ2n) is 5.25. The molecular weight excluding hydrogens is 421 g/mol. The number of nitrogens with zero attached hydrogens (tertiary/aromatic N) is 1. The van der Waals surface area contributed by atoms with Crippen molar-refractivity contribution < 1.29 is 23.1 Å². The molecule has 1 heterocycles. The van der Waals surface area contributed by atoms with Gasteiger partial charge in [0.1, 0.15) is 28.9 Å². The monoisotopic (exact) mass is 430 g/mol. The Morgan fingerprint density at radius 1 is 1.22 bits per heavy atom. The van der Waals surface area contributed by atoms with Gasteiger partial charge >= 0.3 is 0 Å². The third kappa shape index (κ3) is 4.35. The van der Waals surface area contributed by atoms with Gasteiger partial charge in [-0.25, -0.2) is 13.8 Å². The lowest BCUT2D eigenvalue weighted by atomic mass is 10.1. The summed E-state index contributed by atoms with van der Waals surface area (Å²) in [6.07, 6.45) is 0. The first-order valence-electron chi connectivity index (χ1n) is 7.45. The van der Waals surface area contributed by atoms with Gasteiger partial charge in [-0.05, 0) is 30.3 Å². The van der Waals surface area contributed by atoms with Crippen molar-refractivity contribution in [3.63, 3.8) is 0 Å². The molecule has 1 N–H and O–H groups in total. The van der Waals surface area contributed by atoms with Crippen LogP contribution in [0.1, 0.15) is 15.4 Å². The molecule has 0 aliphatic rings. The van der Waals surface area contributed by atoms with E-state index in [-0.39, 0.29) is 12.4 Å². The van der Waals surface area contributed by atoms with E-state index >= 15 is 0 Å². The van der Waals surface area contributed by atoms with E-state index in [0.29, 0.717) is 15.5 Å². The maximum atomic E-state index is 14.5. The van der Waals surface area contributed by atoms with Crippen molar-refractivity contribution in [1.29, 1.82) is 0 Å². The molecule has 3 aromatic rings. The van der Waals surface area contributed by atoms with E-state index in [4.69, 9.17) is 27.9 Å². The first-order chi connectivity index (χ1) is 12.9. The summed E-state index contributed by atoms with van der Waals surface area (Å²) in [5.41, 5.74) is -0.257. The van der Waals surface area contributed by atoms with E-state index < -0.39 is 34.9 Å². The highest BCUT2D eigenvalue weighted by atomic mass is 35.5. The zero-order valence-corrected chi connectivity index (χ0v) is 15.7. The van der Waals surface area contributed by atoms with Gasteiger partial charge in [0.25, 0.3) is 5.91 Å². The van der Waals surface area contributed by atoms with Gasteiger partial charge < -0.3 is 4.74 Å². The molecule has 0 spiro atoms. The van der Waals surface area contributed by atoms with E-state index in [0.717, 1.165) is 16.8 Å². The van der Waals surface area contributed by atoms with Gasteiger partial charge in [-0.3, -0.25) is 14.9 Å². The number of carbonyl (C=O) groups is 2. The summed E-state index contributed by atoms with van der Waals surface area (Å²) < 4.78 is 34.6. The molecule has 0 aliphatic carbocycles. The van der Waals surface area contributed by atoms with E-state index in [1.54, 1.807) is 23.5 Å². The van der Waals surface area contributed by atoms with Crippen LogP contribution in [0.5, 0.6) is 5.75 Å². The number of hydrogen-bond acceptors (Lipinski definition) is 5. The number of thiazole rings is 1. The number of fused-ring (bicyclic) bond motifs is 1. The van der Waals surface area contributed by atoms with Gasteiger partial charge in [0, 0.05) is 5.02 Å². The molecule has 1 aromatic heterocycles. The van der Waals surface area contributed by atoms with Crippen molar-refractivity contribution in [3.05, 3.63) is 57.6 Å². The molecule has 140 valence electrons. The zero-order valence-electron chi connectivity index (χ0n) is 13.4. The highest BCUT2D eigenvalue weighted by Gasteiger charge is 2.23. The van der Waals surface area contributed by atoms with E-state index in [1.165, 1.54) is 11.3 Å². The second kappa shape index (κ2) is 8.16. The SMILES string of the molecule is O=C(CCl)NC(=O)c1c(F)ccc(OCc2nc3cc(Cl)ccc3s2)c1F. The zero-order chi connectivity index (χ0) is 19.6. The lowest BCUT2D eigenvalue weighted by molar-refractivity contribution is -0.117. The van der Waals surface area contributed by atoms with Gasteiger partial charge in [0.15, 0.2) is 11.6 Å². The average Bonchev–Trinajstić information content (AvgIpc) is 3.02. The van der Waals surface area contributed by atoms with Crippen molar-refractivity contribution in [3.8, 4) is 5.75 Å². The highest BCUT2D eigenvalue weighted by molar-refractivity contribution is 7.18. The number of benzene rings is 2. The molecule has 2 aromatic carbocycles. The van der Waals surface area contributed by atoms with Crippen LogP contribution in [0.3, 0.4) is 0 Å². The van der Waals surface area contributed by atoms with Crippen LogP contribution >= 0.6 is 34.5 Å². The lowest BCUT2D eigenvalue weighted by Gasteiger charge is -2.10. The number of halogens is 4. The quantitative estimate of drug-likeness (QED) is 0.612. The van der Waals surface area contributed by atoms with Crippen LogP contribution in [-0.4, -0.2) is 22.7 Å². The summed E-state index contributed by atoms with van der Waals surface area (Å²) in [6.45, 7) is -0.0960. The second-order valence-corrected chi connectivity index (χ2v) is 7.07. The standard InChI is InChI=1S/C17H10Cl2F2N2O3S/c18-6-13(24)23-17(25)15-9(20)2-3-11(16(15)21)26-7-14-22-10-5-8(19)1-4-12(10)27-14/h1-5H,6-7H2,(H,23,24,25). The van der Waals surface area contributed by atoms with Gasteiger partial charge in [0.2, 0.25) is 5.91 Å². The molecule has 0 bridgehead atoms. The third-order valence-corrected chi connectivity index (χ3v) is 4.89. The summed E-state index contributed by atoms with van der Waals surface area (Å²) >= 11 is 12.5. The number of alkyl halides is 1. The molecule has 2 amide bonds. The topological polar surface area (TPSA) is 68.3 Å². The minimum absolute atomic E-state index is 0.0960. The first kappa shape index (κ1) is 19.5. The summed E-state index contributed by atoms with van der Waals surface area (Å²) in [7, 11) is 0. The van der Waals surface area contributed by atoms with Gasteiger partial charge in [-0.15, -0.1) is 22.9 Å². The molecule has 0 aliphatic heterocycles. The number of rotatable bonds is 5. The van der Waals surface area contributed by atoms with Crippen LogP contribution in [0.15, 0.2) is 30.3 Å². The number of imide groups is 1. The normalized spacial score (nSPS) is 10.8. The molecule has 0 radical (unpaired) electrons. The van der Waals surface area contributed by atoms with E-state index in [1.807, 2.05) is 0 Å². The van der Waals surface area contributed by atoms with Crippen LogP contribution in [0.25, 0.3) is 10.2 Å². The fourth-order valence-electron chi connectivity index (χ4n) is 2.23. The van der Waals surface area contributed by atoms with Gasteiger partial charge in [0.05, 0.1) is 10.2 Å². The number of nitrogens with one attached hydrogen (secondary N) is 1. The fourth-order valence-corrected chi connectivity index (χ4v) is 3.32. The molecule has 0 saturated heterocycles. The van der Waals surface area contributed by atoms with Crippen LogP contribution < -0.4 is 10.1 Å². The Bertz CT molecular complexity index is 1040. The number of hydrogen-bond donors (Lipinski definition) is 1. The molecular formula is C17H10Cl2F2N2O3S. The van der Waals surface area contributed by atoms with Gasteiger partial charge in [-0.2, -0.15) is 0 Å². The molecule has 0 unspecified atom stereocenters. The van der Waals surface area contributed by atoms with E-state index in [9.17, 15) is 18.4 Å². The van der Waals surface area contributed by atoms with Crippen LogP contribution in [0.4, 0.5) is 8.78 Å². The van der Waals surface area contributed by atoms with Crippen LogP contribution in [-0.2, 0) is 11.4 Å². The van der Waals surface area contributed by atoms with Crippen molar-refractivity contribution in [1.82, 2.24) is 10.3 Å². The van der Waals surface area contributed by atoms with Crippen LogP contribution in [0, 0.1) is 11.6 Å². The van der Waals surface area contributed by atoms with Crippen molar-refractivity contribution in [2.75, 3.05) is 5.88 Å². The van der Waals surface area contributed by atoms with Gasteiger partial charge in [-0.1, -0.05) is 11.6 Å². The van der Waals surface area contributed by atoms with Crippen molar-refractivity contribution >= 4 is 56.6 Å². The smallest absolute Gasteiger partial charge is 0.263 e. The third-order valence-electron chi connectivity index (χ3n) is 3.40. The first-order valence-corrected chi connectivity index (χ1v) is 9.18. The largest absolute Gasteiger partial charge is 0.483 e. The molecule has 27 heavy (non-hydrogen) atoms. The molecule has 3 rings (SSSR count). The predicted molar refractivity (Wildman–Crippen MR) is 98.5 cm³/mol. The summed E-state index contributed by atoms with van der Waals surface area (Å²) in [6, 6.07) is 7.13. The minimum atomic E-state index is -1.24. The fraction of sp³-hybridized carbons (Fsp3) is 0.118. The Kier molecular flexibility index (Phi) is 5.88. The number of aromatic nitrogens is 1. The summed E-state index contributed by atoms with van der Waals surface area (Å²) in [5.74, 6) is -5.34. The summed E-state index contributed by atoms with van der Waals surface area (Å²) in [4.78, 5) is 27.4. The van der Waals surface area contributed by atoms with Crippen molar-refractivity contribution in [2.24, 2.45) is 0 Å². The Morgan fingerprint density at radius 3 is 2.74 bits per heavy atom. The highest BCUT2D eigenvalue weighted by Crippen LogP contribution is 2.28. The maximum Gasteiger partial charge on any atom is 0.263 e. The van der Waals surface area contributed by atoms with Crippen LogP contribution in [0.2, 0.25) is 5.02 Å². The molecule has 0 fully saturated rings. The average molecular weight is 431 g/mol. The Balaban J connectivity index is 1.81. The molecule has 0 saturated carbocycles. The summed E-state index contributed by atoms with van der Waals surface area (Å²) in [5, 5.41) is 2.86. The Morgan fingerprint density at radius 2 is 2.00 bits per heavy atom. The number of amides is 2. The Hall–Kier alpha value is -2.29. The Labute approximate surface area is 165 Å². The predicted octanol–water partition coefficient (Wildman–Crippen LogP) is 4.30. The van der Waals surface area contributed by atoms with Crippen molar-refractivity contribution in [2.45, 2.75) is 6.61 Å². The maximum absolute atomic E-state index is 14.5.